The molecule has 3 aromatic rings. The van der Waals surface area contributed by atoms with Crippen molar-refractivity contribution in [1.29, 1.82) is 5.26 Å². The van der Waals surface area contributed by atoms with E-state index in [9.17, 15) is 10.1 Å². The molecular formula is C16H16N6O2S. The number of anilines is 3. The Kier molecular flexibility index (Phi) is 4.06. The number of aryl methyl sites for hydroxylation is 1. The van der Waals surface area contributed by atoms with Crippen molar-refractivity contribution >= 4 is 44.8 Å². The molecular weight excluding hydrogens is 340 g/mol. The van der Waals surface area contributed by atoms with Gasteiger partial charge in [-0.2, -0.15) is 5.26 Å². The van der Waals surface area contributed by atoms with Crippen molar-refractivity contribution in [1.82, 2.24) is 10.1 Å². The third-order valence-electron chi connectivity index (χ3n) is 3.71. The molecule has 3 rings (SSSR count). The number of hydrogen-bond acceptors (Lipinski definition) is 8. The normalized spacial score (nSPS) is 11.0. The smallest absolute Gasteiger partial charge is 0.269 e. The predicted octanol–water partition coefficient (Wildman–Crippen LogP) is 3.00. The molecule has 0 bridgehead atoms. The number of nitrogen functional groups attached to an aromatic ring is 2. The van der Waals surface area contributed by atoms with Crippen molar-refractivity contribution in [3.63, 3.8) is 0 Å². The zero-order valence-electron chi connectivity index (χ0n) is 13.9. The van der Waals surface area contributed by atoms with Gasteiger partial charge in [0, 0.05) is 11.5 Å². The van der Waals surface area contributed by atoms with Crippen LogP contribution in [0.1, 0.15) is 46.3 Å². The fourth-order valence-electron chi connectivity index (χ4n) is 2.66. The summed E-state index contributed by atoms with van der Waals surface area (Å²) in [5.41, 5.74) is 13.4. The van der Waals surface area contributed by atoms with Gasteiger partial charge < -0.3 is 21.3 Å². The summed E-state index contributed by atoms with van der Waals surface area (Å²) in [5.74, 6) is 0.594. The van der Waals surface area contributed by atoms with Crippen molar-refractivity contribution < 1.29 is 9.32 Å². The topological polar surface area (TPSA) is 144 Å². The summed E-state index contributed by atoms with van der Waals surface area (Å²) in [7, 11) is 0. The van der Waals surface area contributed by atoms with Crippen LogP contribution in [-0.4, -0.2) is 16.0 Å². The maximum absolute atomic E-state index is 12.5. The molecule has 0 saturated carbocycles. The molecule has 0 fully saturated rings. The summed E-state index contributed by atoms with van der Waals surface area (Å²) < 4.78 is 4.93. The maximum atomic E-state index is 12.5. The van der Waals surface area contributed by atoms with E-state index in [1.807, 2.05) is 13.8 Å². The standard InChI is InChI=1S/C16H16N6O2S/c1-6(2)10-8(5-17)14(19)21-16-11(10)12(18)13(25-16)15(23)20-9-4-7(3)24-22-9/h4,6H,18H2,1-3H3,(H2,19,21)(H,20,22,23). The van der Waals surface area contributed by atoms with Gasteiger partial charge in [0.15, 0.2) is 5.82 Å². The van der Waals surface area contributed by atoms with E-state index in [-0.39, 0.29) is 17.4 Å². The number of amides is 1. The summed E-state index contributed by atoms with van der Waals surface area (Å²) in [6, 6.07) is 3.69. The minimum Gasteiger partial charge on any atom is -0.397 e. The van der Waals surface area contributed by atoms with E-state index in [0.29, 0.717) is 37.8 Å². The highest BCUT2D eigenvalue weighted by molar-refractivity contribution is 7.21. The fourth-order valence-corrected chi connectivity index (χ4v) is 3.68. The third kappa shape index (κ3) is 2.77. The average molecular weight is 356 g/mol. The molecule has 0 atom stereocenters. The highest BCUT2D eigenvalue weighted by atomic mass is 32.1. The number of fused-ring (bicyclic) bond motifs is 1. The van der Waals surface area contributed by atoms with Crippen molar-refractivity contribution in [2.75, 3.05) is 16.8 Å². The molecule has 3 heterocycles. The number of nitrogens with zero attached hydrogens (tertiary/aromatic N) is 3. The number of nitriles is 1. The molecule has 1 amide bonds. The van der Waals surface area contributed by atoms with Crippen LogP contribution in [0.3, 0.4) is 0 Å². The van der Waals surface area contributed by atoms with Crippen LogP contribution >= 0.6 is 11.3 Å². The van der Waals surface area contributed by atoms with Crippen LogP contribution in [0.15, 0.2) is 10.6 Å². The van der Waals surface area contributed by atoms with Gasteiger partial charge in [-0.05, 0) is 18.4 Å². The Morgan fingerprint density at radius 1 is 1.44 bits per heavy atom. The Balaban J connectivity index is 2.15. The van der Waals surface area contributed by atoms with Crippen LogP contribution in [0, 0.1) is 18.3 Å². The number of rotatable bonds is 3. The third-order valence-corrected chi connectivity index (χ3v) is 4.81. The lowest BCUT2D eigenvalue weighted by Gasteiger charge is -2.12. The second kappa shape index (κ2) is 6.07. The largest absolute Gasteiger partial charge is 0.397 e. The summed E-state index contributed by atoms with van der Waals surface area (Å²) in [6.45, 7) is 5.59. The highest BCUT2D eigenvalue weighted by Crippen LogP contribution is 2.40. The fraction of sp³-hybridized carbons (Fsp3) is 0.250. The molecule has 25 heavy (non-hydrogen) atoms. The zero-order chi connectivity index (χ0) is 18.3. The molecule has 128 valence electrons. The zero-order valence-corrected chi connectivity index (χ0v) is 14.7. The quantitative estimate of drug-likeness (QED) is 0.654. The maximum Gasteiger partial charge on any atom is 0.269 e. The number of nitrogens with one attached hydrogen (secondary N) is 1. The van der Waals surface area contributed by atoms with Gasteiger partial charge in [0.2, 0.25) is 0 Å². The molecule has 8 nitrogen and oxygen atoms in total. The van der Waals surface area contributed by atoms with Crippen LogP contribution in [0.5, 0.6) is 0 Å². The van der Waals surface area contributed by atoms with Crippen LogP contribution in [0.2, 0.25) is 0 Å². The van der Waals surface area contributed by atoms with E-state index in [0.717, 1.165) is 11.3 Å². The summed E-state index contributed by atoms with van der Waals surface area (Å²) in [4.78, 5) is 17.6. The molecule has 0 radical (unpaired) electrons. The summed E-state index contributed by atoms with van der Waals surface area (Å²) in [6.07, 6.45) is 0. The Morgan fingerprint density at radius 2 is 2.16 bits per heavy atom. The van der Waals surface area contributed by atoms with Gasteiger partial charge in [0.25, 0.3) is 5.91 Å². The van der Waals surface area contributed by atoms with Crippen LogP contribution < -0.4 is 16.8 Å². The van der Waals surface area contributed by atoms with Gasteiger partial charge in [-0.15, -0.1) is 11.3 Å². The first-order valence-corrected chi connectivity index (χ1v) is 8.31. The number of pyridine rings is 1. The average Bonchev–Trinajstić information content (AvgIpc) is 3.09. The SMILES string of the molecule is Cc1cc(NC(=O)c2sc3nc(N)c(C#N)c(C(C)C)c3c2N)no1. The minimum absolute atomic E-state index is 0.00606. The second-order valence-corrected chi connectivity index (χ2v) is 6.85. The molecule has 0 aliphatic heterocycles. The number of hydrogen-bond donors (Lipinski definition) is 3. The van der Waals surface area contributed by atoms with Gasteiger partial charge in [0.05, 0.1) is 11.3 Å². The van der Waals surface area contributed by atoms with Crippen LogP contribution in [0.4, 0.5) is 17.3 Å². The number of carbonyl (C=O) groups excluding carboxylic acids is 1. The first-order chi connectivity index (χ1) is 11.8. The summed E-state index contributed by atoms with van der Waals surface area (Å²) >= 11 is 1.13. The van der Waals surface area contributed by atoms with Crippen molar-refractivity contribution in [2.45, 2.75) is 26.7 Å². The van der Waals surface area contributed by atoms with Crippen molar-refractivity contribution in [3.8, 4) is 6.07 Å². The first kappa shape index (κ1) is 16.7. The van der Waals surface area contributed by atoms with Crippen LogP contribution in [0.25, 0.3) is 10.2 Å². The first-order valence-electron chi connectivity index (χ1n) is 7.49. The van der Waals surface area contributed by atoms with E-state index in [2.05, 4.69) is 21.5 Å². The van der Waals surface area contributed by atoms with Gasteiger partial charge in [-0.1, -0.05) is 19.0 Å². The lowest BCUT2D eigenvalue weighted by atomic mass is 9.95. The highest BCUT2D eigenvalue weighted by Gasteiger charge is 2.25. The van der Waals surface area contributed by atoms with E-state index in [1.54, 1.807) is 13.0 Å². The second-order valence-electron chi connectivity index (χ2n) is 5.85. The number of thiophene rings is 1. The Hall–Kier alpha value is -3.12. The van der Waals surface area contributed by atoms with Crippen LogP contribution in [-0.2, 0) is 0 Å². The van der Waals surface area contributed by atoms with E-state index in [1.165, 1.54) is 0 Å². The number of aromatic nitrogens is 2. The van der Waals surface area contributed by atoms with Crippen molar-refractivity contribution in [3.05, 3.63) is 27.8 Å². The molecule has 0 aromatic carbocycles. The number of nitrogens with two attached hydrogens (primary N) is 2. The Labute approximate surface area is 147 Å². The van der Waals surface area contributed by atoms with Gasteiger partial charge in [-0.3, -0.25) is 4.79 Å². The molecule has 0 aliphatic rings. The minimum atomic E-state index is -0.416. The molecule has 5 N–H and O–H groups in total. The predicted molar refractivity (Wildman–Crippen MR) is 96.4 cm³/mol. The van der Waals surface area contributed by atoms with Crippen molar-refractivity contribution in [2.24, 2.45) is 0 Å². The molecule has 0 spiro atoms. The monoisotopic (exact) mass is 356 g/mol. The Bertz CT molecular complexity index is 1030. The lowest BCUT2D eigenvalue weighted by molar-refractivity contribution is 0.103. The van der Waals surface area contributed by atoms with E-state index >= 15 is 0 Å². The van der Waals surface area contributed by atoms with E-state index in [4.69, 9.17) is 16.0 Å². The Morgan fingerprint density at radius 3 is 2.72 bits per heavy atom. The molecule has 0 aliphatic carbocycles. The van der Waals surface area contributed by atoms with Gasteiger partial charge in [0.1, 0.15) is 27.4 Å². The lowest BCUT2D eigenvalue weighted by Crippen LogP contribution is -2.12. The summed E-state index contributed by atoms with van der Waals surface area (Å²) in [5, 5.41) is 16.4. The van der Waals surface area contributed by atoms with Gasteiger partial charge >= 0.3 is 0 Å². The number of carbonyl (C=O) groups is 1. The molecule has 3 aromatic heterocycles. The molecule has 0 unspecified atom stereocenters. The van der Waals surface area contributed by atoms with Gasteiger partial charge in [-0.25, -0.2) is 4.98 Å². The molecule has 9 heteroatoms. The van der Waals surface area contributed by atoms with E-state index < -0.39 is 5.91 Å². The molecule has 0 saturated heterocycles.